The predicted molar refractivity (Wildman–Crippen MR) is 41.2 cm³/mol. The summed E-state index contributed by atoms with van der Waals surface area (Å²) < 4.78 is 4.96. The smallest absolute Gasteiger partial charge is 0.228 e. The van der Waals surface area contributed by atoms with Crippen LogP contribution in [0.4, 0.5) is 5.88 Å². The minimum atomic E-state index is 0.852. The molecule has 0 bridgehead atoms. The largest absolute Gasteiger partial charge is 0.353 e. The molecule has 10 heavy (non-hydrogen) atoms. The van der Waals surface area contributed by atoms with Gasteiger partial charge in [-0.05, 0) is 0 Å². The molecule has 1 N–H and O–H groups in total. The lowest BCUT2D eigenvalue weighted by molar-refractivity contribution is 0.432. The van der Waals surface area contributed by atoms with E-state index in [1.54, 1.807) is 6.20 Å². The molecule has 1 aromatic heterocycles. The van der Waals surface area contributed by atoms with Crippen LogP contribution in [0, 0.1) is 0 Å². The van der Waals surface area contributed by atoms with Crippen LogP contribution >= 0.6 is 11.8 Å². The second-order valence-corrected chi connectivity index (χ2v) is 3.26. The van der Waals surface area contributed by atoms with Gasteiger partial charge in [0.1, 0.15) is 0 Å². The molecule has 0 atom stereocenters. The second kappa shape index (κ2) is 2.54. The van der Waals surface area contributed by atoms with Gasteiger partial charge in [0, 0.05) is 23.6 Å². The van der Waals surface area contributed by atoms with Crippen LogP contribution in [0.1, 0.15) is 5.56 Å². The van der Waals surface area contributed by atoms with Crippen molar-refractivity contribution in [1.82, 2.24) is 5.16 Å². The van der Waals surface area contributed by atoms with E-state index in [-0.39, 0.29) is 0 Å². The molecule has 0 amide bonds. The first-order chi connectivity index (χ1) is 4.97. The van der Waals surface area contributed by atoms with Gasteiger partial charge >= 0.3 is 0 Å². The summed E-state index contributed by atoms with van der Waals surface area (Å²) in [5.41, 5.74) is 1.18. The zero-order chi connectivity index (χ0) is 6.81. The van der Waals surface area contributed by atoms with E-state index in [1.165, 1.54) is 5.56 Å². The van der Waals surface area contributed by atoms with Crippen LogP contribution in [-0.2, 0) is 5.75 Å². The lowest BCUT2D eigenvalue weighted by Gasteiger charge is -1.94. The summed E-state index contributed by atoms with van der Waals surface area (Å²) in [5, 5.41) is 6.85. The van der Waals surface area contributed by atoms with E-state index < -0.39 is 0 Å². The van der Waals surface area contributed by atoms with E-state index in [1.807, 2.05) is 11.8 Å². The van der Waals surface area contributed by atoms with Gasteiger partial charge in [-0.3, -0.25) is 0 Å². The Morgan fingerprint density at radius 3 is 3.70 bits per heavy atom. The highest BCUT2D eigenvalue weighted by molar-refractivity contribution is 7.98. The lowest BCUT2D eigenvalue weighted by Crippen LogP contribution is -2.00. The fraction of sp³-hybridized carbons (Fsp3) is 0.500. The van der Waals surface area contributed by atoms with Crippen molar-refractivity contribution in [2.75, 3.05) is 17.6 Å². The third-order valence-electron chi connectivity index (χ3n) is 1.43. The Kier molecular flexibility index (Phi) is 1.55. The van der Waals surface area contributed by atoms with Crippen molar-refractivity contribution in [3.05, 3.63) is 11.8 Å². The number of rotatable bonds is 0. The first kappa shape index (κ1) is 6.09. The van der Waals surface area contributed by atoms with Gasteiger partial charge in [0.2, 0.25) is 5.88 Å². The monoisotopic (exact) mass is 156 g/mol. The number of hydrogen-bond donors (Lipinski definition) is 1. The summed E-state index contributed by atoms with van der Waals surface area (Å²) in [6.07, 6.45) is 1.78. The Morgan fingerprint density at radius 1 is 1.70 bits per heavy atom. The summed E-state index contributed by atoms with van der Waals surface area (Å²) in [5.74, 6) is 3.01. The average molecular weight is 156 g/mol. The molecular weight excluding hydrogens is 148 g/mol. The van der Waals surface area contributed by atoms with Crippen molar-refractivity contribution in [3.63, 3.8) is 0 Å². The summed E-state index contributed by atoms with van der Waals surface area (Å²) in [6, 6.07) is 0. The van der Waals surface area contributed by atoms with Crippen LogP contribution in [0.15, 0.2) is 10.7 Å². The standard InChI is InChI=1S/C6H8N2OS/c1-2-10-4-5-3-8-9-6(5)7-1/h3,7H,1-2,4H2. The minimum absolute atomic E-state index is 0.852. The molecule has 1 aromatic rings. The Hall–Kier alpha value is -0.640. The quantitative estimate of drug-likeness (QED) is 0.615. The van der Waals surface area contributed by atoms with E-state index in [0.29, 0.717) is 0 Å². The number of anilines is 1. The number of nitrogens with zero attached hydrogens (tertiary/aromatic N) is 1. The minimum Gasteiger partial charge on any atom is -0.353 e. The van der Waals surface area contributed by atoms with Gasteiger partial charge in [0.15, 0.2) is 0 Å². The molecular formula is C6H8N2OS. The van der Waals surface area contributed by atoms with Crippen molar-refractivity contribution >= 4 is 17.6 Å². The van der Waals surface area contributed by atoms with Gasteiger partial charge in [0.05, 0.1) is 6.20 Å². The molecule has 0 radical (unpaired) electrons. The Balaban J connectivity index is 2.28. The first-order valence-electron chi connectivity index (χ1n) is 3.22. The maximum atomic E-state index is 4.96. The molecule has 0 saturated heterocycles. The molecule has 1 aliphatic rings. The fourth-order valence-corrected chi connectivity index (χ4v) is 1.74. The third-order valence-corrected chi connectivity index (χ3v) is 2.44. The van der Waals surface area contributed by atoms with Crippen LogP contribution in [-0.4, -0.2) is 17.5 Å². The molecule has 0 aliphatic carbocycles. The SMILES string of the molecule is c1noc2c1CSCCN2. The maximum Gasteiger partial charge on any atom is 0.228 e. The van der Waals surface area contributed by atoms with Crippen LogP contribution in [0.3, 0.4) is 0 Å². The molecule has 4 heteroatoms. The van der Waals surface area contributed by atoms with Crippen LogP contribution in [0.2, 0.25) is 0 Å². The second-order valence-electron chi connectivity index (χ2n) is 2.16. The zero-order valence-corrected chi connectivity index (χ0v) is 6.28. The molecule has 0 fully saturated rings. The summed E-state index contributed by atoms with van der Waals surface area (Å²) in [4.78, 5) is 0. The summed E-state index contributed by atoms with van der Waals surface area (Å²) in [6.45, 7) is 0.979. The molecule has 54 valence electrons. The van der Waals surface area contributed by atoms with Gasteiger partial charge in [-0.2, -0.15) is 11.8 Å². The fourth-order valence-electron chi connectivity index (χ4n) is 0.927. The molecule has 0 unspecified atom stereocenters. The number of thioether (sulfide) groups is 1. The van der Waals surface area contributed by atoms with Crippen molar-refractivity contribution < 1.29 is 4.52 Å². The summed E-state index contributed by atoms with van der Waals surface area (Å²) in [7, 11) is 0. The van der Waals surface area contributed by atoms with Crippen molar-refractivity contribution in [1.29, 1.82) is 0 Å². The van der Waals surface area contributed by atoms with Crippen molar-refractivity contribution in [2.45, 2.75) is 5.75 Å². The van der Waals surface area contributed by atoms with Gasteiger partial charge in [-0.25, -0.2) is 0 Å². The average Bonchev–Trinajstić information content (AvgIpc) is 2.28. The molecule has 1 aliphatic heterocycles. The molecule has 2 heterocycles. The molecule has 0 aromatic carbocycles. The van der Waals surface area contributed by atoms with Gasteiger partial charge in [-0.15, -0.1) is 0 Å². The lowest BCUT2D eigenvalue weighted by atomic mass is 10.4. The topological polar surface area (TPSA) is 38.1 Å². The molecule has 2 rings (SSSR count). The number of aromatic nitrogens is 1. The Morgan fingerprint density at radius 2 is 2.70 bits per heavy atom. The van der Waals surface area contributed by atoms with Gasteiger partial charge in [0.25, 0.3) is 0 Å². The maximum absolute atomic E-state index is 4.96. The van der Waals surface area contributed by atoms with Crippen LogP contribution < -0.4 is 5.32 Å². The summed E-state index contributed by atoms with van der Waals surface area (Å²) >= 11 is 1.90. The van der Waals surface area contributed by atoms with E-state index in [2.05, 4.69) is 10.5 Å². The third kappa shape index (κ3) is 0.988. The van der Waals surface area contributed by atoms with Crippen LogP contribution in [0.5, 0.6) is 0 Å². The molecule has 0 spiro atoms. The Labute approximate surface area is 63.2 Å². The van der Waals surface area contributed by atoms with Crippen molar-refractivity contribution in [2.24, 2.45) is 0 Å². The van der Waals surface area contributed by atoms with Crippen LogP contribution in [0.25, 0.3) is 0 Å². The van der Waals surface area contributed by atoms with E-state index in [0.717, 1.165) is 23.9 Å². The van der Waals surface area contributed by atoms with Gasteiger partial charge < -0.3 is 9.84 Å². The number of hydrogen-bond acceptors (Lipinski definition) is 4. The van der Waals surface area contributed by atoms with Gasteiger partial charge in [-0.1, -0.05) is 5.16 Å². The Bertz CT molecular complexity index is 203. The zero-order valence-electron chi connectivity index (χ0n) is 5.46. The first-order valence-corrected chi connectivity index (χ1v) is 4.37. The van der Waals surface area contributed by atoms with E-state index >= 15 is 0 Å². The highest BCUT2D eigenvalue weighted by Gasteiger charge is 2.10. The highest BCUT2D eigenvalue weighted by atomic mass is 32.2. The van der Waals surface area contributed by atoms with Crippen molar-refractivity contribution in [3.8, 4) is 0 Å². The molecule has 3 nitrogen and oxygen atoms in total. The molecule has 0 saturated carbocycles. The number of fused-ring (bicyclic) bond motifs is 1. The predicted octanol–water partition coefficient (Wildman–Crippen LogP) is 1.33. The highest BCUT2D eigenvalue weighted by Crippen LogP contribution is 2.23. The van der Waals surface area contributed by atoms with E-state index in [9.17, 15) is 0 Å². The van der Waals surface area contributed by atoms with E-state index in [4.69, 9.17) is 4.52 Å². The number of nitrogens with one attached hydrogen (secondary N) is 1. The normalized spacial score (nSPS) is 17.2.